The molecule has 1 heterocycles. The Hall–Kier alpha value is -5.62. The minimum atomic E-state index is -0.720. The Bertz CT molecular complexity index is 1630. The third kappa shape index (κ3) is 7.96. The third-order valence-corrected chi connectivity index (χ3v) is 6.34. The van der Waals surface area contributed by atoms with Crippen molar-refractivity contribution in [2.24, 2.45) is 5.10 Å². The number of rotatable bonds is 11. The lowest BCUT2D eigenvalue weighted by atomic mass is 10.2. The second kappa shape index (κ2) is 14.1. The summed E-state index contributed by atoms with van der Waals surface area (Å²) in [5, 5.41) is 19.3. The van der Waals surface area contributed by atoms with E-state index in [9.17, 15) is 24.5 Å². The number of hydrazone groups is 1. The van der Waals surface area contributed by atoms with Crippen molar-refractivity contribution in [3.8, 4) is 11.5 Å². The number of amides is 2. The maximum absolute atomic E-state index is 12.9. The number of hydrogen-bond acceptors (Lipinski definition) is 9. The smallest absolute Gasteiger partial charge is 0.343 e. The van der Waals surface area contributed by atoms with Crippen LogP contribution in [0.2, 0.25) is 0 Å². The Labute approximate surface area is 244 Å². The van der Waals surface area contributed by atoms with Crippen molar-refractivity contribution in [2.45, 2.75) is 6.92 Å². The Kier molecular flexibility index (Phi) is 9.89. The van der Waals surface area contributed by atoms with Crippen molar-refractivity contribution in [1.82, 2.24) is 10.7 Å². The van der Waals surface area contributed by atoms with Crippen LogP contribution in [0.1, 0.15) is 38.1 Å². The molecule has 4 rings (SSSR count). The second-order valence-electron chi connectivity index (χ2n) is 8.43. The van der Waals surface area contributed by atoms with Crippen LogP contribution in [-0.4, -0.2) is 35.5 Å². The first kappa shape index (κ1) is 29.4. The van der Waals surface area contributed by atoms with Gasteiger partial charge >= 0.3 is 5.97 Å². The molecule has 0 unspecified atom stereocenters. The predicted octanol–water partition coefficient (Wildman–Crippen LogP) is 5.20. The largest absolute Gasteiger partial charge is 0.490 e. The van der Waals surface area contributed by atoms with E-state index in [4.69, 9.17) is 9.47 Å². The van der Waals surface area contributed by atoms with Gasteiger partial charge < -0.3 is 14.8 Å². The molecule has 0 aliphatic rings. The van der Waals surface area contributed by atoms with E-state index in [1.54, 1.807) is 61.5 Å². The third-order valence-electron chi connectivity index (χ3n) is 5.52. The average Bonchev–Trinajstić information content (AvgIpc) is 3.52. The van der Waals surface area contributed by atoms with Crippen LogP contribution >= 0.6 is 11.3 Å². The van der Waals surface area contributed by atoms with Gasteiger partial charge in [-0.3, -0.25) is 19.7 Å². The van der Waals surface area contributed by atoms with Crippen LogP contribution < -0.4 is 20.2 Å². The highest BCUT2D eigenvalue weighted by Gasteiger charge is 2.16. The summed E-state index contributed by atoms with van der Waals surface area (Å²) in [5.74, 6) is -1.43. The van der Waals surface area contributed by atoms with Gasteiger partial charge in [0.25, 0.3) is 17.5 Å². The highest BCUT2D eigenvalue weighted by molar-refractivity contribution is 7.10. The lowest BCUT2D eigenvalue weighted by Crippen LogP contribution is -2.32. The topological polar surface area (TPSA) is 149 Å². The number of nitrogens with zero attached hydrogens (tertiary/aromatic N) is 2. The average molecular weight is 585 g/mol. The van der Waals surface area contributed by atoms with E-state index in [2.05, 4.69) is 15.8 Å². The molecule has 1 aromatic heterocycles. The highest BCUT2D eigenvalue weighted by Crippen LogP contribution is 2.29. The van der Waals surface area contributed by atoms with Gasteiger partial charge in [-0.25, -0.2) is 10.2 Å². The number of non-ortho nitro benzene ring substituents is 1. The minimum Gasteiger partial charge on any atom is -0.490 e. The first-order valence-corrected chi connectivity index (χ1v) is 13.4. The van der Waals surface area contributed by atoms with E-state index < -0.39 is 22.7 Å². The monoisotopic (exact) mass is 584 g/mol. The van der Waals surface area contributed by atoms with Gasteiger partial charge in [-0.05, 0) is 72.5 Å². The van der Waals surface area contributed by atoms with Crippen molar-refractivity contribution in [2.75, 3.05) is 6.61 Å². The lowest BCUT2D eigenvalue weighted by Gasteiger charge is -2.11. The van der Waals surface area contributed by atoms with Gasteiger partial charge in [-0.2, -0.15) is 5.10 Å². The zero-order chi connectivity index (χ0) is 29.9. The molecule has 0 bridgehead atoms. The normalized spacial score (nSPS) is 11.1. The first-order valence-electron chi connectivity index (χ1n) is 12.5. The van der Waals surface area contributed by atoms with Crippen molar-refractivity contribution in [1.29, 1.82) is 0 Å². The standard InChI is InChI=1S/C30H24N4O7S/c1-2-40-27-17-20(10-15-26(27)41-30(37)22-11-13-23(14-12-22)34(38)39)19-31-33-29(36)25(18-24-9-6-16-42-24)32-28(35)21-7-4-3-5-8-21/h3-19H,2H2,1H3,(H,32,35)(H,33,36). The molecule has 0 saturated carbocycles. The fraction of sp³-hybridized carbons (Fsp3) is 0.0667. The van der Waals surface area contributed by atoms with Gasteiger partial charge in [-0.1, -0.05) is 24.3 Å². The number of thiophene rings is 1. The maximum Gasteiger partial charge on any atom is 0.343 e. The lowest BCUT2D eigenvalue weighted by molar-refractivity contribution is -0.384. The number of carbonyl (C=O) groups excluding carboxylic acids is 3. The number of ether oxygens (including phenoxy) is 2. The van der Waals surface area contributed by atoms with E-state index in [-0.39, 0.29) is 35.1 Å². The summed E-state index contributed by atoms with van der Waals surface area (Å²) < 4.78 is 11.0. The van der Waals surface area contributed by atoms with Crippen LogP contribution in [0, 0.1) is 10.1 Å². The summed E-state index contributed by atoms with van der Waals surface area (Å²) in [6.45, 7) is 2.03. The van der Waals surface area contributed by atoms with Crippen LogP contribution in [0.3, 0.4) is 0 Å². The minimum absolute atomic E-state index is 0.00645. The number of nitrogens with one attached hydrogen (secondary N) is 2. The molecule has 2 amide bonds. The molecule has 12 heteroatoms. The van der Waals surface area contributed by atoms with Crippen molar-refractivity contribution in [3.63, 3.8) is 0 Å². The molecular formula is C30H24N4O7S. The second-order valence-corrected chi connectivity index (χ2v) is 9.40. The molecule has 42 heavy (non-hydrogen) atoms. The fourth-order valence-electron chi connectivity index (χ4n) is 3.52. The van der Waals surface area contributed by atoms with E-state index in [0.29, 0.717) is 11.1 Å². The Morgan fingerprint density at radius 2 is 1.71 bits per heavy atom. The van der Waals surface area contributed by atoms with E-state index in [1.807, 2.05) is 11.4 Å². The number of benzene rings is 3. The van der Waals surface area contributed by atoms with Crippen LogP contribution in [0.5, 0.6) is 11.5 Å². The maximum atomic E-state index is 12.9. The zero-order valence-electron chi connectivity index (χ0n) is 22.2. The molecule has 0 aliphatic carbocycles. The molecule has 0 aliphatic heterocycles. The Morgan fingerprint density at radius 3 is 2.38 bits per heavy atom. The van der Waals surface area contributed by atoms with Gasteiger partial charge in [0.1, 0.15) is 5.70 Å². The molecule has 11 nitrogen and oxygen atoms in total. The van der Waals surface area contributed by atoms with Crippen LogP contribution in [0.4, 0.5) is 5.69 Å². The number of hydrogen-bond donors (Lipinski definition) is 2. The predicted molar refractivity (Wildman–Crippen MR) is 158 cm³/mol. The zero-order valence-corrected chi connectivity index (χ0v) is 23.0. The van der Waals surface area contributed by atoms with Crippen molar-refractivity contribution >= 4 is 47.1 Å². The van der Waals surface area contributed by atoms with Gasteiger partial charge in [0.2, 0.25) is 0 Å². The number of nitro benzene ring substituents is 1. The summed E-state index contributed by atoms with van der Waals surface area (Å²) in [6, 6.07) is 21.8. The molecule has 0 fully saturated rings. The van der Waals surface area contributed by atoms with Crippen molar-refractivity contribution in [3.05, 3.63) is 128 Å². The number of carbonyl (C=O) groups is 3. The van der Waals surface area contributed by atoms with Crippen molar-refractivity contribution < 1.29 is 28.8 Å². The van der Waals surface area contributed by atoms with Crippen LogP contribution in [0.25, 0.3) is 6.08 Å². The molecular weight excluding hydrogens is 560 g/mol. The Balaban J connectivity index is 1.46. The molecule has 212 valence electrons. The molecule has 0 spiro atoms. The van der Waals surface area contributed by atoms with E-state index in [1.165, 1.54) is 47.9 Å². The highest BCUT2D eigenvalue weighted by atomic mass is 32.1. The van der Waals surface area contributed by atoms with Gasteiger partial charge in [0.05, 0.1) is 23.3 Å². The summed E-state index contributed by atoms with van der Waals surface area (Å²) in [6.07, 6.45) is 2.92. The summed E-state index contributed by atoms with van der Waals surface area (Å²) in [4.78, 5) is 49.2. The van der Waals surface area contributed by atoms with Gasteiger partial charge in [0.15, 0.2) is 11.5 Å². The first-order chi connectivity index (χ1) is 20.3. The van der Waals surface area contributed by atoms with Gasteiger partial charge in [-0.15, -0.1) is 11.3 Å². The summed E-state index contributed by atoms with van der Waals surface area (Å²) >= 11 is 1.40. The number of esters is 1. The SMILES string of the molecule is CCOc1cc(C=NNC(=O)C(=Cc2cccs2)NC(=O)c2ccccc2)ccc1OC(=O)c1ccc([N+](=O)[O-])cc1. The molecule has 0 atom stereocenters. The molecule has 3 aromatic carbocycles. The quantitative estimate of drug-likeness (QED) is 0.0615. The fourth-order valence-corrected chi connectivity index (χ4v) is 4.18. The van der Waals surface area contributed by atoms with E-state index >= 15 is 0 Å². The van der Waals surface area contributed by atoms with Crippen LogP contribution in [-0.2, 0) is 4.79 Å². The summed E-state index contributed by atoms with van der Waals surface area (Å²) in [7, 11) is 0. The van der Waals surface area contributed by atoms with E-state index in [0.717, 1.165) is 4.88 Å². The molecule has 2 N–H and O–H groups in total. The Morgan fingerprint density at radius 1 is 0.952 bits per heavy atom. The molecule has 0 radical (unpaired) electrons. The van der Waals surface area contributed by atoms with Crippen LogP contribution in [0.15, 0.2) is 101 Å². The number of nitro groups is 1. The van der Waals surface area contributed by atoms with Gasteiger partial charge in [0, 0.05) is 22.6 Å². The summed E-state index contributed by atoms with van der Waals surface area (Å²) in [5.41, 5.74) is 3.31. The molecule has 4 aromatic rings. The molecule has 0 saturated heterocycles.